The number of amides is 2. The summed E-state index contributed by atoms with van der Waals surface area (Å²) in [5.41, 5.74) is 7.82. The smallest absolute Gasteiger partial charge is 0.254 e. The number of benzene rings is 4. The number of aryl methyl sites for hydroxylation is 1. The molecule has 1 unspecified atom stereocenters. The Balaban J connectivity index is 1.22. The molecule has 2 amide bonds. The van der Waals surface area contributed by atoms with Gasteiger partial charge in [0.05, 0.1) is 17.1 Å². The number of para-hydroxylation sites is 2. The molecule has 5 aromatic rings. The largest absolute Gasteiger partial charge is 0.326 e. The number of hydrogen-bond donors (Lipinski definition) is 0. The molecule has 41 heavy (non-hydrogen) atoms. The fraction of sp³-hybridized carbons (Fsp3) is 0.167. The van der Waals surface area contributed by atoms with Gasteiger partial charge in [-0.25, -0.2) is 0 Å². The van der Waals surface area contributed by atoms with E-state index in [0.717, 1.165) is 46.6 Å². The van der Waals surface area contributed by atoms with Crippen molar-refractivity contribution < 1.29 is 9.59 Å². The maximum Gasteiger partial charge on any atom is 0.254 e. The van der Waals surface area contributed by atoms with Gasteiger partial charge < -0.3 is 9.47 Å². The zero-order chi connectivity index (χ0) is 27.9. The van der Waals surface area contributed by atoms with Gasteiger partial charge in [0.15, 0.2) is 0 Å². The Morgan fingerprint density at radius 3 is 2.10 bits per heavy atom. The highest BCUT2D eigenvalue weighted by Gasteiger charge is 2.40. The molecule has 1 atom stereocenters. The number of rotatable bonds is 6. The lowest BCUT2D eigenvalue weighted by Gasteiger charge is -2.39. The van der Waals surface area contributed by atoms with Gasteiger partial charge in [-0.2, -0.15) is 0 Å². The standard InChI is InChI=1S/C36H31N3O2/c1-25-13-15-28(16-14-25)35-33-12-7-23-37(33)31-10-5-6-11-32(31)39(35)34(40)24-38(30-21-22-30)36(41)29-19-17-27(18-20-29)26-8-3-2-4-9-26/h2-20,23,30,35H,21-22,24H2,1H3. The van der Waals surface area contributed by atoms with Gasteiger partial charge in [-0.15, -0.1) is 0 Å². The molecule has 5 nitrogen and oxygen atoms in total. The zero-order valence-electron chi connectivity index (χ0n) is 23.0. The summed E-state index contributed by atoms with van der Waals surface area (Å²) in [6.07, 6.45) is 3.89. The number of hydrogen-bond acceptors (Lipinski definition) is 2. The molecule has 0 saturated heterocycles. The van der Waals surface area contributed by atoms with Crippen molar-refractivity contribution in [3.63, 3.8) is 0 Å². The number of carbonyl (C=O) groups is 2. The van der Waals surface area contributed by atoms with Crippen LogP contribution in [0, 0.1) is 6.92 Å². The second kappa shape index (κ2) is 10.3. The van der Waals surface area contributed by atoms with Crippen molar-refractivity contribution in [3.8, 4) is 16.8 Å². The lowest BCUT2D eigenvalue weighted by Crippen LogP contribution is -2.47. The molecule has 0 radical (unpaired) electrons. The van der Waals surface area contributed by atoms with Crippen LogP contribution in [0.25, 0.3) is 16.8 Å². The van der Waals surface area contributed by atoms with E-state index in [1.54, 1.807) is 4.90 Å². The molecule has 0 N–H and O–H groups in total. The van der Waals surface area contributed by atoms with E-state index in [2.05, 4.69) is 60.2 Å². The number of aromatic nitrogens is 1. The maximum atomic E-state index is 14.4. The van der Waals surface area contributed by atoms with Gasteiger partial charge in [-0.1, -0.05) is 84.4 Å². The minimum absolute atomic E-state index is 0.0291. The van der Waals surface area contributed by atoms with Gasteiger partial charge in [0.2, 0.25) is 5.91 Å². The van der Waals surface area contributed by atoms with E-state index in [0.29, 0.717) is 5.56 Å². The van der Waals surface area contributed by atoms with Crippen LogP contribution in [-0.2, 0) is 4.79 Å². The van der Waals surface area contributed by atoms with Crippen molar-refractivity contribution in [1.29, 1.82) is 0 Å². The predicted molar refractivity (Wildman–Crippen MR) is 162 cm³/mol. The molecular weight excluding hydrogens is 506 g/mol. The fourth-order valence-corrected chi connectivity index (χ4v) is 5.90. The van der Waals surface area contributed by atoms with E-state index >= 15 is 0 Å². The first-order valence-electron chi connectivity index (χ1n) is 14.2. The second-order valence-electron chi connectivity index (χ2n) is 11.0. The number of carbonyl (C=O) groups excluding carboxylic acids is 2. The lowest BCUT2D eigenvalue weighted by molar-refractivity contribution is -0.119. The first kappa shape index (κ1) is 25.1. The van der Waals surface area contributed by atoms with E-state index in [1.807, 2.05) is 77.7 Å². The van der Waals surface area contributed by atoms with Crippen molar-refractivity contribution in [2.75, 3.05) is 11.4 Å². The Bertz CT molecular complexity index is 1720. The molecule has 1 aromatic heterocycles. The summed E-state index contributed by atoms with van der Waals surface area (Å²) < 4.78 is 2.17. The SMILES string of the molecule is Cc1ccc(C2c3cccn3-c3ccccc3N2C(=O)CN(C(=O)c2ccc(-c3ccccc3)cc2)C2CC2)cc1. The molecule has 2 heterocycles. The average Bonchev–Trinajstić information content (AvgIpc) is 3.74. The monoisotopic (exact) mass is 537 g/mol. The summed E-state index contributed by atoms with van der Waals surface area (Å²) in [6, 6.07) is 38.1. The predicted octanol–water partition coefficient (Wildman–Crippen LogP) is 7.19. The quantitative estimate of drug-likeness (QED) is 0.230. The van der Waals surface area contributed by atoms with Gasteiger partial charge in [0.1, 0.15) is 12.6 Å². The topological polar surface area (TPSA) is 45.6 Å². The third kappa shape index (κ3) is 4.63. The first-order chi connectivity index (χ1) is 20.1. The third-order valence-electron chi connectivity index (χ3n) is 8.17. The number of nitrogens with zero attached hydrogens (tertiary/aromatic N) is 3. The van der Waals surface area contributed by atoms with Gasteiger partial charge in [-0.05, 0) is 72.9 Å². The maximum absolute atomic E-state index is 14.4. The Morgan fingerprint density at radius 1 is 0.732 bits per heavy atom. The molecule has 0 bridgehead atoms. The third-order valence-corrected chi connectivity index (χ3v) is 8.17. The average molecular weight is 538 g/mol. The minimum atomic E-state index is -0.297. The first-order valence-corrected chi connectivity index (χ1v) is 14.2. The van der Waals surface area contributed by atoms with Gasteiger partial charge >= 0.3 is 0 Å². The second-order valence-corrected chi connectivity index (χ2v) is 11.0. The normalized spacial score (nSPS) is 15.6. The van der Waals surface area contributed by atoms with Crippen LogP contribution in [-0.4, -0.2) is 33.9 Å². The van der Waals surface area contributed by atoms with Crippen molar-refractivity contribution in [1.82, 2.24) is 9.47 Å². The highest BCUT2D eigenvalue weighted by Crippen LogP contribution is 2.42. The van der Waals surface area contributed by atoms with Crippen LogP contribution >= 0.6 is 0 Å². The molecule has 2 aliphatic rings. The van der Waals surface area contributed by atoms with Gasteiger partial charge in [0, 0.05) is 17.8 Å². The van der Waals surface area contributed by atoms with E-state index in [4.69, 9.17) is 0 Å². The number of fused-ring (bicyclic) bond motifs is 3. The highest BCUT2D eigenvalue weighted by atomic mass is 16.2. The molecular formula is C36H31N3O2. The zero-order valence-corrected chi connectivity index (χ0v) is 23.0. The summed E-state index contributed by atoms with van der Waals surface area (Å²) in [5, 5.41) is 0. The molecule has 1 saturated carbocycles. The molecule has 5 heteroatoms. The van der Waals surface area contributed by atoms with E-state index in [-0.39, 0.29) is 30.4 Å². The van der Waals surface area contributed by atoms with Crippen LogP contribution in [0.3, 0.4) is 0 Å². The van der Waals surface area contributed by atoms with Crippen molar-refractivity contribution in [2.45, 2.75) is 31.8 Å². The lowest BCUT2D eigenvalue weighted by atomic mass is 9.97. The Kier molecular flexibility index (Phi) is 6.27. The summed E-state index contributed by atoms with van der Waals surface area (Å²) in [6.45, 7) is 2.10. The van der Waals surface area contributed by atoms with Gasteiger partial charge in [0.25, 0.3) is 5.91 Å². The van der Waals surface area contributed by atoms with Crippen LogP contribution in [0.5, 0.6) is 0 Å². The van der Waals surface area contributed by atoms with E-state index < -0.39 is 0 Å². The minimum Gasteiger partial charge on any atom is -0.326 e. The fourth-order valence-electron chi connectivity index (χ4n) is 5.90. The van der Waals surface area contributed by atoms with Crippen molar-refractivity contribution in [2.24, 2.45) is 0 Å². The molecule has 1 aliphatic carbocycles. The molecule has 4 aromatic carbocycles. The molecule has 1 fully saturated rings. The van der Waals surface area contributed by atoms with Crippen LogP contribution in [0.4, 0.5) is 5.69 Å². The van der Waals surface area contributed by atoms with Crippen LogP contribution in [0.1, 0.15) is 46.1 Å². The van der Waals surface area contributed by atoms with Crippen LogP contribution in [0.2, 0.25) is 0 Å². The summed E-state index contributed by atoms with van der Waals surface area (Å²) in [5.74, 6) is -0.183. The molecule has 0 spiro atoms. The Hall–Kier alpha value is -4.90. The summed E-state index contributed by atoms with van der Waals surface area (Å²) >= 11 is 0. The van der Waals surface area contributed by atoms with Crippen molar-refractivity contribution in [3.05, 3.63) is 144 Å². The van der Waals surface area contributed by atoms with Crippen LogP contribution < -0.4 is 4.90 Å². The summed E-state index contributed by atoms with van der Waals surface area (Å²) in [7, 11) is 0. The van der Waals surface area contributed by atoms with E-state index in [9.17, 15) is 9.59 Å². The van der Waals surface area contributed by atoms with Crippen molar-refractivity contribution >= 4 is 17.5 Å². The van der Waals surface area contributed by atoms with Crippen LogP contribution in [0.15, 0.2) is 121 Å². The molecule has 7 rings (SSSR count). The molecule has 202 valence electrons. The highest BCUT2D eigenvalue weighted by molar-refractivity contribution is 6.03. The molecule has 1 aliphatic heterocycles. The number of anilines is 1. The summed E-state index contributed by atoms with van der Waals surface area (Å²) in [4.78, 5) is 31.9. The Labute approximate surface area is 240 Å². The van der Waals surface area contributed by atoms with Gasteiger partial charge in [-0.3, -0.25) is 14.5 Å². The van der Waals surface area contributed by atoms with E-state index in [1.165, 1.54) is 5.56 Å². The Morgan fingerprint density at radius 2 is 1.39 bits per heavy atom.